The number of carbonyl (C=O) groups is 2. The first-order chi connectivity index (χ1) is 7.92. The summed E-state index contributed by atoms with van der Waals surface area (Å²) in [6, 6.07) is -0.159. The lowest BCUT2D eigenvalue weighted by Crippen LogP contribution is -2.39. The van der Waals surface area contributed by atoms with Gasteiger partial charge in [-0.05, 0) is 27.7 Å². The molecule has 0 aromatic rings. The third kappa shape index (κ3) is 8.23. The van der Waals surface area contributed by atoms with E-state index in [0.717, 1.165) is 0 Å². The Kier molecular flexibility index (Phi) is 6.00. The Morgan fingerprint density at radius 3 is 2.00 bits per heavy atom. The molecule has 0 saturated heterocycles. The maximum Gasteiger partial charge on any atom is 0.246 e. The zero-order valence-corrected chi connectivity index (χ0v) is 12.7. The molecule has 0 saturated carbocycles. The quantitative estimate of drug-likeness (QED) is 0.822. The molecule has 0 bridgehead atoms. The highest BCUT2D eigenvalue weighted by Crippen LogP contribution is 2.17. The van der Waals surface area contributed by atoms with Gasteiger partial charge in [0.2, 0.25) is 5.91 Å². The van der Waals surface area contributed by atoms with Crippen LogP contribution in [-0.2, 0) is 14.3 Å². The standard InChI is InChI=1S/C14H27NO3/c1-10(8-11(16)13(2,3)4)15-12(17)9-18-14(5,6)7/h10H,8-9H2,1-7H3,(H,15,17)/t10-/m1/s1. The number of ether oxygens (including phenoxy) is 1. The van der Waals surface area contributed by atoms with Gasteiger partial charge in [-0.3, -0.25) is 9.59 Å². The van der Waals surface area contributed by atoms with Crippen LogP contribution in [0.3, 0.4) is 0 Å². The molecule has 106 valence electrons. The van der Waals surface area contributed by atoms with Gasteiger partial charge >= 0.3 is 0 Å². The van der Waals surface area contributed by atoms with Crippen LogP contribution >= 0.6 is 0 Å². The van der Waals surface area contributed by atoms with Gasteiger partial charge in [0.15, 0.2) is 0 Å². The van der Waals surface area contributed by atoms with E-state index in [-0.39, 0.29) is 35.4 Å². The summed E-state index contributed by atoms with van der Waals surface area (Å²) >= 11 is 0. The van der Waals surface area contributed by atoms with Crippen LogP contribution in [0.4, 0.5) is 0 Å². The van der Waals surface area contributed by atoms with Gasteiger partial charge in [0.25, 0.3) is 0 Å². The van der Waals surface area contributed by atoms with E-state index >= 15 is 0 Å². The van der Waals surface area contributed by atoms with Gasteiger partial charge in [-0.2, -0.15) is 0 Å². The largest absolute Gasteiger partial charge is 0.366 e. The van der Waals surface area contributed by atoms with Gasteiger partial charge in [0.1, 0.15) is 12.4 Å². The predicted octanol–water partition coefficient (Wildman–Crippen LogP) is 2.31. The second kappa shape index (κ2) is 6.32. The number of amides is 1. The van der Waals surface area contributed by atoms with Crippen molar-refractivity contribution in [1.29, 1.82) is 0 Å². The van der Waals surface area contributed by atoms with Crippen molar-refractivity contribution in [3.05, 3.63) is 0 Å². The Balaban J connectivity index is 4.06. The third-order valence-electron chi connectivity index (χ3n) is 2.37. The topological polar surface area (TPSA) is 55.4 Å². The van der Waals surface area contributed by atoms with E-state index in [1.54, 1.807) is 0 Å². The molecule has 0 heterocycles. The molecular weight excluding hydrogens is 230 g/mol. The molecule has 0 aliphatic rings. The molecule has 0 radical (unpaired) electrons. The second-order valence-corrected chi connectivity index (χ2v) is 6.75. The van der Waals surface area contributed by atoms with E-state index in [4.69, 9.17) is 4.74 Å². The Morgan fingerprint density at radius 2 is 1.61 bits per heavy atom. The highest BCUT2D eigenvalue weighted by molar-refractivity contribution is 5.85. The van der Waals surface area contributed by atoms with Crippen LogP contribution in [0.25, 0.3) is 0 Å². The van der Waals surface area contributed by atoms with Crippen molar-refractivity contribution in [2.45, 2.75) is 66.5 Å². The molecule has 0 rings (SSSR count). The minimum Gasteiger partial charge on any atom is -0.366 e. The van der Waals surface area contributed by atoms with Crippen molar-refractivity contribution in [3.8, 4) is 0 Å². The first-order valence-electron chi connectivity index (χ1n) is 6.38. The fourth-order valence-electron chi connectivity index (χ4n) is 1.23. The molecule has 0 spiro atoms. The molecule has 4 nitrogen and oxygen atoms in total. The van der Waals surface area contributed by atoms with E-state index in [1.165, 1.54) is 0 Å². The molecule has 1 atom stereocenters. The minimum atomic E-state index is -0.360. The molecular formula is C14H27NO3. The summed E-state index contributed by atoms with van der Waals surface area (Å²) in [5, 5.41) is 2.77. The number of nitrogens with one attached hydrogen (secondary N) is 1. The Morgan fingerprint density at radius 1 is 1.11 bits per heavy atom. The van der Waals surface area contributed by atoms with Crippen molar-refractivity contribution in [1.82, 2.24) is 5.32 Å². The highest BCUT2D eigenvalue weighted by atomic mass is 16.5. The van der Waals surface area contributed by atoms with Crippen molar-refractivity contribution >= 4 is 11.7 Å². The van der Waals surface area contributed by atoms with Gasteiger partial charge in [-0.1, -0.05) is 20.8 Å². The monoisotopic (exact) mass is 257 g/mol. The average Bonchev–Trinajstić information content (AvgIpc) is 2.11. The van der Waals surface area contributed by atoms with Gasteiger partial charge in [0, 0.05) is 17.9 Å². The van der Waals surface area contributed by atoms with Gasteiger partial charge in [-0.25, -0.2) is 0 Å². The van der Waals surface area contributed by atoms with Crippen molar-refractivity contribution in [2.24, 2.45) is 5.41 Å². The average molecular weight is 257 g/mol. The lowest BCUT2D eigenvalue weighted by atomic mass is 9.87. The van der Waals surface area contributed by atoms with Crippen molar-refractivity contribution < 1.29 is 14.3 Å². The van der Waals surface area contributed by atoms with Crippen molar-refractivity contribution in [2.75, 3.05) is 6.61 Å². The Hall–Kier alpha value is -0.900. The van der Waals surface area contributed by atoms with Gasteiger partial charge in [-0.15, -0.1) is 0 Å². The molecule has 4 heteroatoms. The Labute approximate surface area is 110 Å². The van der Waals surface area contributed by atoms with Gasteiger partial charge < -0.3 is 10.1 Å². The minimum absolute atomic E-state index is 0.0253. The zero-order valence-electron chi connectivity index (χ0n) is 12.7. The maximum absolute atomic E-state index is 11.8. The number of hydrogen-bond acceptors (Lipinski definition) is 3. The zero-order chi connectivity index (χ0) is 14.6. The normalized spacial score (nSPS) is 14.2. The molecule has 0 aromatic carbocycles. The Bertz CT molecular complexity index is 297. The lowest BCUT2D eigenvalue weighted by Gasteiger charge is -2.22. The lowest BCUT2D eigenvalue weighted by molar-refractivity contribution is -0.132. The number of Topliss-reactive ketones (excluding diaryl/α,β-unsaturated/α-hetero) is 1. The molecule has 0 unspecified atom stereocenters. The first kappa shape index (κ1) is 17.1. The van der Waals surface area contributed by atoms with Crippen LogP contribution < -0.4 is 5.32 Å². The van der Waals surface area contributed by atoms with Crippen LogP contribution in [0, 0.1) is 5.41 Å². The molecule has 1 N–H and O–H groups in total. The van der Waals surface area contributed by atoms with Crippen LogP contribution in [0.2, 0.25) is 0 Å². The fraction of sp³-hybridized carbons (Fsp3) is 0.857. The molecule has 0 fully saturated rings. The molecule has 0 aromatic heterocycles. The van der Waals surface area contributed by atoms with E-state index in [0.29, 0.717) is 6.42 Å². The number of carbonyl (C=O) groups excluding carboxylic acids is 2. The van der Waals surface area contributed by atoms with Crippen LogP contribution in [0.1, 0.15) is 54.9 Å². The predicted molar refractivity (Wildman–Crippen MR) is 72.4 cm³/mol. The summed E-state index contributed by atoms with van der Waals surface area (Å²) in [4.78, 5) is 23.4. The summed E-state index contributed by atoms with van der Waals surface area (Å²) in [6.45, 7) is 13.2. The molecule has 0 aliphatic carbocycles. The van der Waals surface area contributed by atoms with Crippen LogP contribution in [0.15, 0.2) is 0 Å². The summed E-state index contributed by atoms with van der Waals surface area (Å²) < 4.78 is 5.37. The van der Waals surface area contributed by atoms with E-state index in [2.05, 4.69) is 5.32 Å². The molecule has 0 aliphatic heterocycles. The fourth-order valence-corrected chi connectivity index (χ4v) is 1.23. The SMILES string of the molecule is C[C@H](CC(=O)C(C)(C)C)NC(=O)COC(C)(C)C. The van der Waals surface area contributed by atoms with E-state index in [9.17, 15) is 9.59 Å². The first-order valence-corrected chi connectivity index (χ1v) is 6.38. The maximum atomic E-state index is 11.8. The summed E-state index contributed by atoms with van der Waals surface area (Å²) in [5.74, 6) is -0.0360. The van der Waals surface area contributed by atoms with Crippen LogP contribution in [-0.4, -0.2) is 29.9 Å². The number of ketones is 1. The van der Waals surface area contributed by atoms with E-state index < -0.39 is 0 Å². The highest BCUT2D eigenvalue weighted by Gasteiger charge is 2.23. The molecule has 1 amide bonds. The van der Waals surface area contributed by atoms with Gasteiger partial charge in [0.05, 0.1) is 5.60 Å². The van der Waals surface area contributed by atoms with Crippen molar-refractivity contribution in [3.63, 3.8) is 0 Å². The number of rotatable bonds is 5. The third-order valence-corrected chi connectivity index (χ3v) is 2.37. The summed E-state index contributed by atoms with van der Waals surface area (Å²) in [7, 11) is 0. The summed E-state index contributed by atoms with van der Waals surface area (Å²) in [6.07, 6.45) is 0.352. The van der Waals surface area contributed by atoms with Crippen LogP contribution in [0.5, 0.6) is 0 Å². The number of hydrogen-bond donors (Lipinski definition) is 1. The summed E-state index contributed by atoms with van der Waals surface area (Å²) in [5.41, 5.74) is -0.692. The van der Waals surface area contributed by atoms with E-state index in [1.807, 2.05) is 48.5 Å². The second-order valence-electron chi connectivity index (χ2n) is 6.75. The smallest absolute Gasteiger partial charge is 0.246 e. The molecule has 18 heavy (non-hydrogen) atoms.